The summed E-state index contributed by atoms with van der Waals surface area (Å²) in [4.78, 5) is 19.4. The molecule has 0 saturated heterocycles. The maximum atomic E-state index is 12.9. The average Bonchev–Trinajstić information content (AvgIpc) is 3.14. The largest absolute Gasteiger partial charge is 0.486 e. The van der Waals surface area contributed by atoms with E-state index < -0.39 is 0 Å². The zero-order chi connectivity index (χ0) is 19.1. The van der Waals surface area contributed by atoms with E-state index >= 15 is 0 Å². The van der Waals surface area contributed by atoms with Crippen LogP contribution in [0.25, 0.3) is 0 Å². The Balaban J connectivity index is 1.64. The number of amides is 1. The minimum atomic E-state index is 0.0515. The SMILES string of the molecule is CCCN(Cc1csc(COc2ccccc2)n1)C(=O)c1cccc(C)c1. The van der Waals surface area contributed by atoms with Gasteiger partial charge in [-0.15, -0.1) is 11.3 Å². The van der Waals surface area contributed by atoms with Gasteiger partial charge < -0.3 is 9.64 Å². The van der Waals surface area contributed by atoms with Crippen molar-refractivity contribution in [1.82, 2.24) is 9.88 Å². The number of nitrogens with zero attached hydrogens (tertiary/aromatic N) is 2. The summed E-state index contributed by atoms with van der Waals surface area (Å²) in [6, 6.07) is 17.4. The van der Waals surface area contributed by atoms with Crippen molar-refractivity contribution in [3.05, 3.63) is 81.8 Å². The van der Waals surface area contributed by atoms with Crippen molar-refractivity contribution in [2.45, 2.75) is 33.4 Å². The van der Waals surface area contributed by atoms with Gasteiger partial charge in [-0.2, -0.15) is 0 Å². The highest BCUT2D eigenvalue weighted by atomic mass is 32.1. The van der Waals surface area contributed by atoms with Crippen molar-refractivity contribution in [3.8, 4) is 5.75 Å². The van der Waals surface area contributed by atoms with Crippen LogP contribution in [0.1, 0.15) is 40.0 Å². The number of hydrogen-bond acceptors (Lipinski definition) is 4. The van der Waals surface area contributed by atoms with Crippen LogP contribution in [0.5, 0.6) is 5.75 Å². The molecule has 1 amide bonds. The van der Waals surface area contributed by atoms with Gasteiger partial charge in [0, 0.05) is 17.5 Å². The number of para-hydroxylation sites is 1. The van der Waals surface area contributed by atoms with Crippen LogP contribution in [0.15, 0.2) is 60.0 Å². The number of hydrogen-bond donors (Lipinski definition) is 0. The van der Waals surface area contributed by atoms with E-state index in [1.54, 1.807) is 11.3 Å². The molecule has 0 bridgehead atoms. The first-order valence-corrected chi connectivity index (χ1v) is 10.0. The molecule has 1 heterocycles. The fourth-order valence-electron chi connectivity index (χ4n) is 2.83. The van der Waals surface area contributed by atoms with Crippen molar-refractivity contribution in [1.29, 1.82) is 0 Å². The first kappa shape index (κ1) is 19.1. The van der Waals surface area contributed by atoms with E-state index in [0.717, 1.165) is 34.0 Å². The second-order valence-electron chi connectivity index (χ2n) is 6.43. The normalized spacial score (nSPS) is 10.6. The Hall–Kier alpha value is -2.66. The molecule has 0 aliphatic heterocycles. The number of carbonyl (C=O) groups excluding carboxylic acids is 1. The van der Waals surface area contributed by atoms with Crippen LogP contribution in [-0.4, -0.2) is 22.3 Å². The summed E-state index contributed by atoms with van der Waals surface area (Å²) in [5.74, 6) is 0.882. The lowest BCUT2D eigenvalue weighted by molar-refractivity contribution is 0.0741. The molecule has 3 rings (SSSR count). The fourth-order valence-corrected chi connectivity index (χ4v) is 3.52. The standard InChI is InChI=1S/C22H24N2O2S/c1-3-12-24(22(25)18-9-7-8-17(2)13-18)14-19-16-27-21(23-19)15-26-20-10-5-4-6-11-20/h4-11,13,16H,3,12,14-15H2,1-2H3. The van der Waals surface area contributed by atoms with Crippen molar-refractivity contribution >= 4 is 17.2 Å². The predicted molar refractivity (Wildman–Crippen MR) is 109 cm³/mol. The smallest absolute Gasteiger partial charge is 0.254 e. The third kappa shape index (κ3) is 5.41. The number of rotatable bonds is 8. The molecule has 0 fully saturated rings. The summed E-state index contributed by atoms with van der Waals surface area (Å²) in [5, 5.41) is 2.92. The fraction of sp³-hybridized carbons (Fsp3) is 0.273. The van der Waals surface area contributed by atoms with Gasteiger partial charge in [0.25, 0.3) is 5.91 Å². The summed E-state index contributed by atoms with van der Waals surface area (Å²) in [6.07, 6.45) is 0.908. The Kier molecular flexibility index (Phi) is 6.60. The van der Waals surface area contributed by atoms with Crippen LogP contribution in [0, 0.1) is 6.92 Å². The van der Waals surface area contributed by atoms with E-state index in [2.05, 4.69) is 11.9 Å². The summed E-state index contributed by atoms with van der Waals surface area (Å²) >= 11 is 1.56. The molecule has 0 radical (unpaired) electrons. The van der Waals surface area contributed by atoms with Gasteiger partial charge in [-0.05, 0) is 37.6 Å². The molecule has 0 unspecified atom stereocenters. The molecule has 4 nitrogen and oxygen atoms in total. The molecule has 0 atom stereocenters. The Bertz CT molecular complexity index is 877. The first-order chi connectivity index (χ1) is 13.2. The van der Waals surface area contributed by atoms with E-state index in [-0.39, 0.29) is 5.91 Å². The maximum absolute atomic E-state index is 12.9. The Morgan fingerprint density at radius 3 is 2.70 bits per heavy atom. The highest BCUT2D eigenvalue weighted by molar-refractivity contribution is 7.09. The molecular formula is C22H24N2O2S. The third-order valence-electron chi connectivity index (χ3n) is 4.10. The minimum absolute atomic E-state index is 0.0515. The molecule has 27 heavy (non-hydrogen) atoms. The Morgan fingerprint density at radius 2 is 1.96 bits per heavy atom. The highest BCUT2D eigenvalue weighted by Crippen LogP contribution is 2.17. The maximum Gasteiger partial charge on any atom is 0.254 e. The van der Waals surface area contributed by atoms with Gasteiger partial charge in [0.1, 0.15) is 17.4 Å². The van der Waals surface area contributed by atoms with Crippen LogP contribution in [0.3, 0.4) is 0 Å². The second kappa shape index (κ2) is 9.33. The molecule has 140 valence electrons. The van der Waals surface area contributed by atoms with Gasteiger partial charge in [0.05, 0.1) is 12.2 Å². The van der Waals surface area contributed by atoms with Crippen molar-refractivity contribution in [2.24, 2.45) is 0 Å². The highest BCUT2D eigenvalue weighted by Gasteiger charge is 2.17. The van der Waals surface area contributed by atoms with Crippen LogP contribution in [-0.2, 0) is 13.2 Å². The van der Waals surface area contributed by atoms with E-state index in [0.29, 0.717) is 19.7 Å². The lowest BCUT2D eigenvalue weighted by Gasteiger charge is -2.21. The van der Waals surface area contributed by atoms with E-state index in [1.165, 1.54) is 0 Å². The molecule has 0 aliphatic carbocycles. The molecular weight excluding hydrogens is 356 g/mol. The summed E-state index contributed by atoms with van der Waals surface area (Å²) in [7, 11) is 0. The second-order valence-corrected chi connectivity index (χ2v) is 7.37. The van der Waals surface area contributed by atoms with Gasteiger partial charge in [-0.25, -0.2) is 4.98 Å². The molecule has 0 aliphatic rings. The molecule has 3 aromatic rings. The molecule has 2 aromatic carbocycles. The van der Waals surface area contributed by atoms with E-state index in [4.69, 9.17) is 4.74 Å². The number of aryl methyl sites for hydroxylation is 1. The summed E-state index contributed by atoms with van der Waals surface area (Å²) in [6.45, 7) is 5.74. The predicted octanol–water partition coefficient (Wildman–Crippen LogP) is 5.08. The van der Waals surface area contributed by atoms with Crippen LogP contribution in [0.2, 0.25) is 0 Å². The summed E-state index contributed by atoms with van der Waals surface area (Å²) in [5.41, 5.74) is 2.72. The van der Waals surface area contributed by atoms with Crippen molar-refractivity contribution in [2.75, 3.05) is 6.54 Å². The Morgan fingerprint density at radius 1 is 1.15 bits per heavy atom. The van der Waals surface area contributed by atoms with Crippen LogP contribution in [0.4, 0.5) is 0 Å². The quantitative estimate of drug-likeness (QED) is 0.547. The van der Waals surface area contributed by atoms with Crippen molar-refractivity contribution < 1.29 is 9.53 Å². The monoisotopic (exact) mass is 380 g/mol. The topological polar surface area (TPSA) is 42.4 Å². The average molecular weight is 381 g/mol. The molecule has 0 spiro atoms. The summed E-state index contributed by atoms with van der Waals surface area (Å²) < 4.78 is 5.76. The lowest BCUT2D eigenvalue weighted by atomic mass is 10.1. The van der Waals surface area contributed by atoms with E-state index in [9.17, 15) is 4.79 Å². The van der Waals surface area contributed by atoms with Crippen molar-refractivity contribution in [3.63, 3.8) is 0 Å². The number of benzene rings is 2. The number of aromatic nitrogens is 1. The van der Waals surface area contributed by atoms with E-state index in [1.807, 2.05) is 71.8 Å². The number of thiazole rings is 1. The van der Waals surface area contributed by atoms with Crippen LogP contribution >= 0.6 is 11.3 Å². The molecule has 1 aromatic heterocycles. The molecule has 5 heteroatoms. The van der Waals surface area contributed by atoms with Crippen LogP contribution < -0.4 is 4.74 Å². The number of carbonyl (C=O) groups is 1. The molecule has 0 N–H and O–H groups in total. The van der Waals surface area contributed by atoms with Gasteiger partial charge in [0.2, 0.25) is 0 Å². The van der Waals surface area contributed by atoms with Gasteiger partial charge in [-0.3, -0.25) is 4.79 Å². The van der Waals surface area contributed by atoms with Gasteiger partial charge >= 0.3 is 0 Å². The number of ether oxygens (including phenoxy) is 1. The first-order valence-electron chi connectivity index (χ1n) is 9.12. The third-order valence-corrected chi connectivity index (χ3v) is 4.97. The Labute approximate surface area is 164 Å². The molecule has 0 saturated carbocycles. The zero-order valence-corrected chi connectivity index (χ0v) is 16.5. The van der Waals surface area contributed by atoms with Gasteiger partial charge in [0.15, 0.2) is 0 Å². The lowest BCUT2D eigenvalue weighted by Crippen LogP contribution is -2.31. The minimum Gasteiger partial charge on any atom is -0.486 e. The van der Waals surface area contributed by atoms with Gasteiger partial charge in [-0.1, -0.05) is 42.8 Å². The zero-order valence-electron chi connectivity index (χ0n) is 15.7.